The van der Waals surface area contributed by atoms with Crippen LogP contribution in [0.2, 0.25) is 0 Å². The lowest BCUT2D eigenvalue weighted by Crippen LogP contribution is -2.27. The van der Waals surface area contributed by atoms with Gasteiger partial charge in [-0.05, 0) is 26.0 Å². The molecule has 0 aliphatic carbocycles. The van der Waals surface area contributed by atoms with E-state index < -0.39 is 23.8 Å². The lowest BCUT2D eigenvalue weighted by Gasteiger charge is -2.07. The average Bonchev–Trinajstić information content (AvgIpc) is 3.24. The van der Waals surface area contributed by atoms with Gasteiger partial charge in [-0.2, -0.15) is 18.2 Å². The Morgan fingerprint density at radius 3 is 2.77 bits per heavy atom. The van der Waals surface area contributed by atoms with Gasteiger partial charge < -0.3 is 9.84 Å². The van der Waals surface area contributed by atoms with Crippen molar-refractivity contribution in [3.05, 3.63) is 46.0 Å². The number of rotatable bonds is 4. The van der Waals surface area contributed by atoms with E-state index in [4.69, 9.17) is 4.52 Å². The first-order valence-electron chi connectivity index (χ1n) is 7.34. The molecule has 7 nitrogen and oxygen atoms in total. The minimum atomic E-state index is -4.59. The summed E-state index contributed by atoms with van der Waals surface area (Å²) in [5.41, 5.74) is 0.369. The molecular weight excluding hydrogens is 371 g/mol. The number of thiazole rings is 1. The van der Waals surface area contributed by atoms with Gasteiger partial charge in [0.1, 0.15) is 6.04 Å². The molecule has 136 valence electrons. The fraction of sp³-hybridized carbons (Fsp3) is 0.267. The molecule has 1 N–H and O–H groups in total. The van der Waals surface area contributed by atoms with E-state index in [1.165, 1.54) is 0 Å². The molecule has 0 unspecified atom stereocenters. The zero-order chi connectivity index (χ0) is 18.9. The minimum absolute atomic E-state index is 0.121. The number of halogens is 3. The third-order valence-corrected chi connectivity index (χ3v) is 4.14. The number of carbonyl (C=O) groups excluding carboxylic acids is 1. The molecule has 3 aromatic heterocycles. The van der Waals surface area contributed by atoms with Gasteiger partial charge in [0.25, 0.3) is 5.91 Å². The van der Waals surface area contributed by atoms with E-state index in [0.29, 0.717) is 22.7 Å². The molecule has 0 radical (unpaired) electrons. The molecule has 3 heterocycles. The number of amides is 1. The third-order valence-electron chi connectivity index (χ3n) is 3.30. The van der Waals surface area contributed by atoms with Crippen LogP contribution in [-0.4, -0.2) is 26.0 Å². The van der Waals surface area contributed by atoms with Crippen molar-refractivity contribution in [2.45, 2.75) is 26.1 Å². The fourth-order valence-electron chi connectivity index (χ4n) is 2.04. The molecule has 0 aromatic carbocycles. The summed E-state index contributed by atoms with van der Waals surface area (Å²) in [7, 11) is 0. The van der Waals surface area contributed by atoms with Crippen LogP contribution in [0, 0.1) is 6.92 Å². The Labute approximate surface area is 149 Å². The van der Waals surface area contributed by atoms with Gasteiger partial charge in [0, 0.05) is 22.8 Å². The Balaban J connectivity index is 1.71. The van der Waals surface area contributed by atoms with Crippen LogP contribution < -0.4 is 5.32 Å². The molecular formula is C15H12F3N5O2S. The lowest BCUT2D eigenvalue weighted by atomic mass is 10.2. The number of nitrogens with one attached hydrogen (secondary N) is 1. The fourth-order valence-corrected chi connectivity index (χ4v) is 2.77. The molecule has 26 heavy (non-hydrogen) atoms. The second-order valence-electron chi connectivity index (χ2n) is 5.37. The maximum atomic E-state index is 12.6. The van der Waals surface area contributed by atoms with Crippen LogP contribution in [0.1, 0.15) is 40.0 Å². The first-order chi connectivity index (χ1) is 12.2. The van der Waals surface area contributed by atoms with Crippen LogP contribution in [0.5, 0.6) is 0 Å². The second-order valence-corrected chi connectivity index (χ2v) is 6.23. The van der Waals surface area contributed by atoms with Crippen molar-refractivity contribution in [1.82, 2.24) is 25.4 Å². The minimum Gasteiger partial charge on any atom is -0.338 e. The summed E-state index contributed by atoms with van der Waals surface area (Å²) in [6.45, 7) is 3.39. The van der Waals surface area contributed by atoms with E-state index in [9.17, 15) is 18.0 Å². The first kappa shape index (κ1) is 18.0. The standard InChI is InChI=1S/C15H12F3N5O2S/c1-7-5-9(3-4-19-7)11-22-13(25-23-11)8(2)20-12(24)14-21-10(6-26-14)15(16,17)18/h3-6,8H,1-2H3,(H,20,24)/t8-/m0/s1. The maximum Gasteiger partial charge on any atom is 0.434 e. The zero-order valence-electron chi connectivity index (χ0n) is 13.5. The summed E-state index contributed by atoms with van der Waals surface area (Å²) in [4.78, 5) is 23.6. The second kappa shape index (κ2) is 6.83. The summed E-state index contributed by atoms with van der Waals surface area (Å²) >= 11 is 0.609. The van der Waals surface area contributed by atoms with Crippen molar-refractivity contribution < 1.29 is 22.5 Å². The molecule has 3 aromatic rings. The van der Waals surface area contributed by atoms with Crippen molar-refractivity contribution in [1.29, 1.82) is 0 Å². The van der Waals surface area contributed by atoms with Crippen LogP contribution in [0.4, 0.5) is 13.2 Å². The van der Waals surface area contributed by atoms with Gasteiger partial charge in [0.2, 0.25) is 11.7 Å². The van der Waals surface area contributed by atoms with Gasteiger partial charge in [-0.25, -0.2) is 4.98 Å². The van der Waals surface area contributed by atoms with Gasteiger partial charge in [0.05, 0.1) is 0 Å². The van der Waals surface area contributed by atoms with Crippen LogP contribution >= 0.6 is 11.3 Å². The summed E-state index contributed by atoms with van der Waals surface area (Å²) in [6, 6.07) is 2.77. The van der Waals surface area contributed by atoms with Crippen LogP contribution in [0.25, 0.3) is 11.4 Å². The lowest BCUT2D eigenvalue weighted by molar-refractivity contribution is -0.140. The molecule has 0 fully saturated rings. The summed E-state index contributed by atoms with van der Waals surface area (Å²) in [6.07, 6.45) is -2.99. The number of hydrogen-bond acceptors (Lipinski definition) is 7. The molecule has 3 rings (SSSR count). The van der Waals surface area contributed by atoms with Gasteiger partial charge in [-0.3, -0.25) is 9.78 Å². The SMILES string of the molecule is Cc1cc(-c2noc([C@H](C)NC(=O)c3nc(C(F)(F)F)cs3)n2)ccn1. The Hall–Kier alpha value is -2.82. The number of alkyl halides is 3. The quantitative estimate of drug-likeness (QED) is 0.742. The van der Waals surface area contributed by atoms with Gasteiger partial charge in [0.15, 0.2) is 10.7 Å². The highest BCUT2D eigenvalue weighted by molar-refractivity contribution is 7.11. The van der Waals surface area contributed by atoms with E-state index in [-0.39, 0.29) is 10.9 Å². The number of pyridine rings is 1. The number of aromatic nitrogens is 4. The Morgan fingerprint density at radius 1 is 1.35 bits per heavy atom. The Morgan fingerprint density at radius 2 is 2.12 bits per heavy atom. The molecule has 0 saturated heterocycles. The zero-order valence-corrected chi connectivity index (χ0v) is 14.4. The van der Waals surface area contributed by atoms with Crippen LogP contribution in [0.3, 0.4) is 0 Å². The Bertz CT molecular complexity index is 937. The number of hydrogen-bond donors (Lipinski definition) is 1. The smallest absolute Gasteiger partial charge is 0.338 e. The van der Waals surface area contributed by atoms with Crippen LogP contribution in [0.15, 0.2) is 28.2 Å². The van der Waals surface area contributed by atoms with Gasteiger partial charge >= 0.3 is 6.18 Å². The number of nitrogens with zero attached hydrogens (tertiary/aromatic N) is 4. The van der Waals surface area contributed by atoms with Gasteiger partial charge in [-0.15, -0.1) is 11.3 Å². The predicted molar refractivity (Wildman–Crippen MR) is 85.3 cm³/mol. The molecule has 0 aliphatic rings. The number of aryl methyl sites for hydroxylation is 1. The highest BCUT2D eigenvalue weighted by Crippen LogP contribution is 2.30. The van der Waals surface area contributed by atoms with Crippen molar-refractivity contribution in [3.8, 4) is 11.4 Å². The molecule has 0 saturated carbocycles. The van der Waals surface area contributed by atoms with E-state index in [0.717, 1.165) is 11.1 Å². The molecule has 0 spiro atoms. The highest BCUT2D eigenvalue weighted by atomic mass is 32.1. The van der Waals surface area contributed by atoms with Crippen molar-refractivity contribution >= 4 is 17.2 Å². The van der Waals surface area contributed by atoms with Crippen molar-refractivity contribution in [2.24, 2.45) is 0 Å². The molecule has 0 aliphatic heterocycles. The summed E-state index contributed by atoms with van der Waals surface area (Å²) in [5.74, 6) is -0.312. The molecule has 0 bridgehead atoms. The first-order valence-corrected chi connectivity index (χ1v) is 8.22. The summed E-state index contributed by atoms with van der Waals surface area (Å²) < 4.78 is 42.8. The molecule has 1 amide bonds. The van der Waals surface area contributed by atoms with Crippen molar-refractivity contribution in [2.75, 3.05) is 0 Å². The monoisotopic (exact) mass is 383 g/mol. The third kappa shape index (κ3) is 3.87. The van der Waals surface area contributed by atoms with Crippen molar-refractivity contribution in [3.63, 3.8) is 0 Å². The predicted octanol–water partition coefficient (Wildman–Crippen LogP) is 3.41. The van der Waals surface area contributed by atoms with Crippen LogP contribution in [-0.2, 0) is 6.18 Å². The van der Waals surface area contributed by atoms with E-state index in [1.807, 2.05) is 6.92 Å². The molecule has 1 atom stereocenters. The Kier molecular flexibility index (Phi) is 4.72. The van der Waals surface area contributed by atoms with E-state index >= 15 is 0 Å². The summed E-state index contributed by atoms with van der Waals surface area (Å²) in [5, 5.41) is 6.81. The normalized spacial score (nSPS) is 12.8. The highest BCUT2D eigenvalue weighted by Gasteiger charge is 2.34. The van der Waals surface area contributed by atoms with Gasteiger partial charge in [-0.1, -0.05) is 5.16 Å². The average molecular weight is 383 g/mol. The topological polar surface area (TPSA) is 93.8 Å². The largest absolute Gasteiger partial charge is 0.434 e. The van der Waals surface area contributed by atoms with E-state index in [2.05, 4.69) is 25.4 Å². The molecule has 11 heteroatoms. The van der Waals surface area contributed by atoms with E-state index in [1.54, 1.807) is 25.3 Å². The maximum absolute atomic E-state index is 12.6. The number of carbonyl (C=O) groups is 1.